The van der Waals surface area contributed by atoms with E-state index in [4.69, 9.17) is 0 Å². The predicted octanol–water partition coefficient (Wildman–Crippen LogP) is 1.42. The van der Waals surface area contributed by atoms with E-state index in [-0.39, 0.29) is 12.5 Å². The highest BCUT2D eigenvalue weighted by molar-refractivity contribution is 7.07. The van der Waals surface area contributed by atoms with E-state index in [1.165, 1.54) is 11.8 Å². The van der Waals surface area contributed by atoms with Crippen LogP contribution in [0.1, 0.15) is 28.7 Å². The maximum atomic E-state index is 13.5. The molecule has 1 unspecified atom stereocenters. The lowest BCUT2D eigenvalue weighted by Gasteiger charge is -2.16. The molecule has 1 aromatic rings. The third kappa shape index (κ3) is 1.99. The van der Waals surface area contributed by atoms with Gasteiger partial charge in [-0.05, 0) is 25.4 Å². The van der Waals surface area contributed by atoms with Crippen LogP contribution in [0, 0.1) is 6.92 Å². The molecule has 0 radical (unpaired) electrons. The molecular weight excluding hydrogens is 217 g/mol. The molecule has 2 rings (SSSR count). The Kier molecular flexibility index (Phi) is 2.46. The van der Waals surface area contributed by atoms with Gasteiger partial charge in [0.2, 0.25) is 0 Å². The van der Waals surface area contributed by atoms with Crippen molar-refractivity contribution in [2.45, 2.75) is 25.9 Å². The number of hydrogen-bond donors (Lipinski definition) is 0. The number of aromatic nitrogens is 2. The zero-order valence-corrected chi connectivity index (χ0v) is 9.47. The Labute approximate surface area is 91.3 Å². The van der Waals surface area contributed by atoms with Crippen LogP contribution in [-0.4, -0.2) is 39.2 Å². The molecule has 1 aliphatic heterocycles. The minimum atomic E-state index is -1.25. The third-order valence-corrected chi connectivity index (χ3v) is 3.37. The van der Waals surface area contributed by atoms with Crippen molar-refractivity contribution < 1.29 is 9.18 Å². The van der Waals surface area contributed by atoms with Crippen molar-refractivity contribution in [2.24, 2.45) is 0 Å². The van der Waals surface area contributed by atoms with Crippen LogP contribution in [0.5, 0.6) is 0 Å². The number of likely N-dealkylation sites (tertiary alicyclic amines) is 1. The zero-order valence-electron chi connectivity index (χ0n) is 8.66. The highest BCUT2D eigenvalue weighted by Gasteiger charge is 2.37. The summed E-state index contributed by atoms with van der Waals surface area (Å²) in [6.07, 6.45) is 0.407. The van der Waals surface area contributed by atoms with Gasteiger partial charge in [-0.2, -0.15) is 0 Å². The lowest BCUT2D eigenvalue weighted by atomic mass is 10.1. The Morgan fingerprint density at radius 3 is 2.87 bits per heavy atom. The molecule has 0 saturated carbocycles. The number of halogens is 1. The molecule has 0 aliphatic carbocycles. The van der Waals surface area contributed by atoms with Crippen LogP contribution < -0.4 is 0 Å². The van der Waals surface area contributed by atoms with Crippen LogP contribution in [0.2, 0.25) is 0 Å². The van der Waals surface area contributed by atoms with E-state index in [0.29, 0.717) is 23.5 Å². The summed E-state index contributed by atoms with van der Waals surface area (Å²) in [6, 6.07) is 0. The van der Waals surface area contributed by atoms with E-state index in [1.807, 2.05) is 0 Å². The molecule has 1 atom stereocenters. The summed E-state index contributed by atoms with van der Waals surface area (Å²) in [5.41, 5.74) is -0.626. The highest BCUT2D eigenvalue weighted by atomic mass is 32.1. The molecule has 1 aromatic heterocycles. The number of aryl methyl sites for hydroxylation is 1. The number of alkyl halides is 1. The van der Waals surface area contributed by atoms with E-state index in [0.717, 1.165) is 11.5 Å². The summed E-state index contributed by atoms with van der Waals surface area (Å²) in [4.78, 5) is 14.0. The van der Waals surface area contributed by atoms with Crippen LogP contribution >= 0.6 is 11.5 Å². The number of hydrogen-bond acceptors (Lipinski definition) is 4. The first-order valence-corrected chi connectivity index (χ1v) is 5.54. The number of rotatable bonds is 1. The maximum Gasteiger partial charge on any atom is 0.267 e. The average Bonchev–Trinajstić information content (AvgIpc) is 2.71. The number of carbonyl (C=O) groups excluding carboxylic acids is 1. The van der Waals surface area contributed by atoms with Gasteiger partial charge in [0, 0.05) is 13.0 Å². The van der Waals surface area contributed by atoms with Crippen LogP contribution in [0.4, 0.5) is 4.39 Å². The van der Waals surface area contributed by atoms with Gasteiger partial charge in [0.25, 0.3) is 5.91 Å². The lowest BCUT2D eigenvalue weighted by molar-refractivity contribution is 0.0764. The van der Waals surface area contributed by atoms with Crippen molar-refractivity contribution in [2.75, 3.05) is 13.1 Å². The van der Waals surface area contributed by atoms with Gasteiger partial charge in [0.15, 0.2) is 0 Å². The van der Waals surface area contributed by atoms with Crippen LogP contribution in [0.15, 0.2) is 0 Å². The van der Waals surface area contributed by atoms with Gasteiger partial charge in [-0.3, -0.25) is 4.79 Å². The zero-order chi connectivity index (χ0) is 11.1. The molecule has 0 N–H and O–H groups in total. The maximum absolute atomic E-state index is 13.5. The molecule has 2 heterocycles. The van der Waals surface area contributed by atoms with Gasteiger partial charge in [0.05, 0.1) is 12.2 Å². The molecule has 0 bridgehead atoms. The molecule has 15 heavy (non-hydrogen) atoms. The van der Waals surface area contributed by atoms with E-state index < -0.39 is 5.67 Å². The standard InChI is InChI=1S/C9H12FN3OS/c1-6-7(15-12-11-6)8(14)13-4-3-9(2,10)5-13/h3-5H2,1-2H3. The average molecular weight is 229 g/mol. The van der Waals surface area contributed by atoms with Crippen molar-refractivity contribution in [3.8, 4) is 0 Å². The highest BCUT2D eigenvalue weighted by Crippen LogP contribution is 2.26. The number of amides is 1. The fraction of sp³-hybridized carbons (Fsp3) is 0.667. The van der Waals surface area contributed by atoms with Crippen LogP contribution in [-0.2, 0) is 0 Å². The van der Waals surface area contributed by atoms with Crippen molar-refractivity contribution >= 4 is 17.4 Å². The van der Waals surface area contributed by atoms with Crippen molar-refractivity contribution in [1.29, 1.82) is 0 Å². The van der Waals surface area contributed by atoms with Gasteiger partial charge >= 0.3 is 0 Å². The van der Waals surface area contributed by atoms with E-state index in [2.05, 4.69) is 9.59 Å². The molecule has 4 nitrogen and oxygen atoms in total. The Morgan fingerprint density at radius 1 is 1.67 bits per heavy atom. The molecule has 1 aliphatic rings. The van der Waals surface area contributed by atoms with Crippen molar-refractivity contribution in [1.82, 2.24) is 14.5 Å². The molecule has 1 saturated heterocycles. The summed E-state index contributed by atoms with van der Waals surface area (Å²) in [5, 5.41) is 3.77. The van der Waals surface area contributed by atoms with Gasteiger partial charge in [-0.25, -0.2) is 4.39 Å². The topological polar surface area (TPSA) is 46.1 Å². The second-order valence-corrected chi connectivity index (χ2v) is 4.83. The van der Waals surface area contributed by atoms with Gasteiger partial charge in [0.1, 0.15) is 10.5 Å². The van der Waals surface area contributed by atoms with Crippen LogP contribution in [0.25, 0.3) is 0 Å². The van der Waals surface area contributed by atoms with Crippen molar-refractivity contribution in [3.63, 3.8) is 0 Å². The monoisotopic (exact) mass is 229 g/mol. The minimum absolute atomic E-state index is 0.149. The molecule has 82 valence electrons. The third-order valence-electron chi connectivity index (χ3n) is 2.56. The molecule has 0 aromatic carbocycles. The summed E-state index contributed by atoms with van der Waals surface area (Å²) in [6.45, 7) is 3.91. The van der Waals surface area contributed by atoms with E-state index in [1.54, 1.807) is 6.92 Å². The quantitative estimate of drug-likeness (QED) is 0.731. The molecule has 6 heteroatoms. The Balaban J connectivity index is 2.14. The number of nitrogens with zero attached hydrogens (tertiary/aromatic N) is 3. The minimum Gasteiger partial charge on any atom is -0.335 e. The predicted molar refractivity (Wildman–Crippen MR) is 54.7 cm³/mol. The summed E-state index contributed by atoms with van der Waals surface area (Å²) in [5.74, 6) is -0.149. The van der Waals surface area contributed by atoms with Crippen LogP contribution in [0.3, 0.4) is 0 Å². The van der Waals surface area contributed by atoms with Gasteiger partial charge < -0.3 is 4.90 Å². The first-order chi connectivity index (χ1) is 6.99. The van der Waals surface area contributed by atoms with E-state index >= 15 is 0 Å². The largest absolute Gasteiger partial charge is 0.335 e. The smallest absolute Gasteiger partial charge is 0.267 e. The first-order valence-electron chi connectivity index (χ1n) is 4.77. The molecule has 0 spiro atoms. The second-order valence-electron chi connectivity index (χ2n) is 4.08. The first kappa shape index (κ1) is 10.5. The lowest BCUT2D eigenvalue weighted by Crippen LogP contribution is -2.31. The second kappa shape index (κ2) is 3.52. The Morgan fingerprint density at radius 2 is 2.40 bits per heavy atom. The number of carbonyl (C=O) groups is 1. The Bertz CT molecular complexity index is 390. The summed E-state index contributed by atoms with van der Waals surface area (Å²) < 4.78 is 17.2. The fourth-order valence-electron chi connectivity index (χ4n) is 1.67. The normalized spacial score (nSPS) is 25.9. The summed E-state index contributed by atoms with van der Waals surface area (Å²) in [7, 11) is 0. The Hall–Kier alpha value is -1.04. The SMILES string of the molecule is Cc1nnsc1C(=O)N1CCC(C)(F)C1. The van der Waals surface area contributed by atoms with Gasteiger partial charge in [-0.15, -0.1) is 5.10 Å². The molecule has 1 amide bonds. The molecule has 1 fully saturated rings. The summed E-state index contributed by atoms with van der Waals surface area (Å²) >= 11 is 1.07. The van der Waals surface area contributed by atoms with Crippen molar-refractivity contribution in [3.05, 3.63) is 10.6 Å². The fourth-order valence-corrected chi connectivity index (χ4v) is 2.29. The van der Waals surface area contributed by atoms with Gasteiger partial charge in [-0.1, -0.05) is 4.49 Å². The van der Waals surface area contributed by atoms with E-state index in [9.17, 15) is 9.18 Å². The molecular formula is C9H12FN3OS.